The summed E-state index contributed by atoms with van der Waals surface area (Å²) in [5.74, 6) is 1.15. The van der Waals surface area contributed by atoms with Crippen LogP contribution in [-0.2, 0) is 20.6 Å². The lowest BCUT2D eigenvalue weighted by Crippen LogP contribution is -2.37. The summed E-state index contributed by atoms with van der Waals surface area (Å²) in [5, 5.41) is 0.474. The summed E-state index contributed by atoms with van der Waals surface area (Å²) < 4.78 is 7.78. The van der Waals surface area contributed by atoms with E-state index in [-0.39, 0.29) is 11.2 Å². The second-order valence-electron chi connectivity index (χ2n) is 7.38. The van der Waals surface area contributed by atoms with Crippen molar-refractivity contribution in [2.24, 2.45) is 14.1 Å². The number of hydrogen-bond donors (Lipinski definition) is 0. The third-order valence-corrected chi connectivity index (χ3v) is 5.58. The fourth-order valence-corrected chi connectivity index (χ4v) is 3.90. The molecular weight excluding hydrogens is 356 g/mol. The number of pyridine rings is 1. The lowest BCUT2D eigenvalue weighted by atomic mass is 10.0. The van der Waals surface area contributed by atoms with E-state index in [0.29, 0.717) is 17.0 Å². The maximum absolute atomic E-state index is 12.3. The molecule has 0 radical (unpaired) electrons. The zero-order valence-corrected chi connectivity index (χ0v) is 16.4. The van der Waals surface area contributed by atoms with Gasteiger partial charge in [-0.25, -0.2) is 9.78 Å². The van der Waals surface area contributed by atoms with E-state index in [1.54, 1.807) is 20.2 Å². The molecule has 1 aliphatic rings. The van der Waals surface area contributed by atoms with Crippen LogP contribution in [0.3, 0.4) is 0 Å². The zero-order chi connectivity index (χ0) is 19.8. The SMILES string of the molecule is COc1ccc(CN2CC[C@@H](c3ccc4c(=O)n(C)c(=O)n(C)c4n3)C2)cc1. The van der Waals surface area contributed by atoms with Gasteiger partial charge in [-0.15, -0.1) is 0 Å². The van der Waals surface area contributed by atoms with Crippen molar-refractivity contribution in [2.75, 3.05) is 20.2 Å². The van der Waals surface area contributed by atoms with Crippen molar-refractivity contribution in [2.45, 2.75) is 18.9 Å². The van der Waals surface area contributed by atoms with Gasteiger partial charge < -0.3 is 4.74 Å². The number of methoxy groups -OCH3 is 1. The van der Waals surface area contributed by atoms with Gasteiger partial charge in [-0.3, -0.25) is 18.8 Å². The predicted molar refractivity (Wildman–Crippen MR) is 108 cm³/mol. The fraction of sp³-hybridized carbons (Fsp3) is 0.381. The number of hydrogen-bond acceptors (Lipinski definition) is 5. The van der Waals surface area contributed by atoms with E-state index in [0.717, 1.165) is 42.1 Å². The molecule has 1 fully saturated rings. The van der Waals surface area contributed by atoms with Crippen LogP contribution in [0.5, 0.6) is 5.75 Å². The van der Waals surface area contributed by atoms with Gasteiger partial charge in [0.05, 0.1) is 12.5 Å². The molecule has 1 saturated heterocycles. The smallest absolute Gasteiger partial charge is 0.332 e. The van der Waals surface area contributed by atoms with Crippen LogP contribution in [0.25, 0.3) is 11.0 Å². The first-order valence-corrected chi connectivity index (χ1v) is 9.40. The number of rotatable bonds is 4. The summed E-state index contributed by atoms with van der Waals surface area (Å²) in [6, 6.07) is 11.9. The van der Waals surface area contributed by atoms with Gasteiger partial charge >= 0.3 is 5.69 Å². The second-order valence-corrected chi connectivity index (χ2v) is 7.38. The Morgan fingerprint density at radius 1 is 1.07 bits per heavy atom. The molecule has 1 aromatic carbocycles. The number of nitrogens with zero attached hydrogens (tertiary/aromatic N) is 4. The van der Waals surface area contributed by atoms with Crippen molar-refractivity contribution in [1.82, 2.24) is 19.0 Å². The highest BCUT2D eigenvalue weighted by Gasteiger charge is 2.25. The average molecular weight is 380 g/mol. The third kappa shape index (κ3) is 3.22. The van der Waals surface area contributed by atoms with Crippen molar-refractivity contribution in [3.63, 3.8) is 0 Å². The molecule has 0 amide bonds. The molecule has 0 bridgehead atoms. The first kappa shape index (κ1) is 18.4. The quantitative estimate of drug-likeness (QED) is 0.688. The van der Waals surface area contributed by atoms with Crippen molar-refractivity contribution < 1.29 is 4.74 Å². The lowest BCUT2D eigenvalue weighted by molar-refractivity contribution is 0.326. The summed E-state index contributed by atoms with van der Waals surface area (Å²) in [5.41, 5.74) is 1.99. The van der Waals surface area contributed by atoms with Crippen LogP contribution >= 0.6 is 0 Å². The first-order valence-electron chi connectivity index (χ1n) is 9.40. The maximum atomic E-state index is 12.3. The van der Waals surface area contributed by atoms with E-state index >= 15 is 0 Å². The molecule has 0 saturated carbocycles. The van der Waals surface area contributed by atoms with Gasteiger partial charge in [0.2, 0.25) is 0 Å². The molecule has 1 aliphatic heterocycles. The highest BCUT2D eigenvalue weighted by atomic mass is 16.5. The Kier molecular flexibility index (Phi) is 4.77. The van der Waals surface area contributed by atoms with Gasteiger partial charge in [-0.05, 0) is 42.8 Å². The Hall–Kier alpha value is -2.93. The lowest BCUT2D eigenvalue weighted by Gasteiger charge is -2.16. The summed E-state index contributed by atoms with van der Waals surface area (Å²) in [7, 11) is 4.82. The minimum Gasteiger partial charge on any atom is -0.497 e. The third-order valence-electron chi connectivity index (χ3n) is 5.58. The molecule has 3 heterocycles. The molecule has 0 aliphatic carbocycles. The number of aryl methyl sites for hydroxylation is 1. The van der Waals surface area contributed by atoms with Gasteiger partial charge in [-0.2, -0.15) is 0 Å². The Morgan fingerprint density at radius 2 is 1.82 bits per heavy atom. The zero-order valence-electron chi connectivity index (χ0n) is 16.4. The Morgan fingerprint density at radius 3 is 2.54 bits per heavy atom. The van der Waals surface area contributed by atoms with Crippen LogP contribution in [0.2, 0.25) is 0 Å². The molecule has 0 unspecified atom stereocenters. The number of benzene rings is 1. The number of fused-ring (bicyclic) bond motifs is 1. The summed E-state index contributed by atoms with van der Waals surface area (Å²) in [6.07, 6.45) is 1.01. The molecule has 7 nitrogen and oxygen atoms in total. The van der Waals surface area contributed by atoms with Crippen molar-refractivity contribution in [3.05, 3.63) is 68.5 Å². The van der Waals surface area contributed by atoms with Crippen molar-refractivity contribution in [3.8, 4) is 5.75 Å². The minimum absolute atomic E-state index is 0.293. The molecule has 0 spiro atoms. The molecule has 0 N–H and O–H groups in total. The largest absolute Gasteiger partial charge is 0.497 e. The van der Waals surface area contributed by atoms with Crippen LogP contribution < -0.4 is 16.0 Å². The molecule has 7 heteroatoms. The van der Waals surface area contributed by atoms with Crippen LogP contribution in [0.15, 0.2) is 46.0 Å². The topological polar surface area (TPSA) is 69.4 Å². The highest BCUT2D eigenvalue weighted by Crippen LogP contribution is 2.28. The number of likely N-dealkylation sites (tertiary alicyclic amines) is 1. The predicted octanol–water partition coefficient (Wildman–Crippen LogP) is 1.63. The van der Waals surface area contributed by atoms with E-state index < -0.39 is 0 Å². The maximum Gasteiger partial charge on any atom is 0.332 e. The molecule has 146 valence electrons. The van der Waals surface area contributed by atoms with E-state index in [1.807, 2.05) is 18.2 Å². The Balaban J connectivity index is 1.56. The van der Waals surface area contributed by atoms with Crippen LogP contribution in [-0.4, -0.2) is 39.2 Å². The summed E-state index contributed by atoms with van der Waals surface area (Å²) in [4.78, 5) is 31.6. The van der Waals surface area contributed by atoms with E-state index in [1.165, 1.54) is 17.2 Å². The van der Waals surface area contributed by atoms with Crippen LogP contribution in [0.4, 0.5) is 0 Å². The molecule has 28 heavy (non-hydrogen) atoms. The van der Waals surface area contributed by atoms with Crippen molar-refractivity contribution >= 4 is 11.0 Å². The molecule has 1 atom stereocenters. The molecule has 4 rings (SSSR count). The standard InChI is InChI=1S/C21H24N4O3/c1-23-19-17(20(26)24(2)21(23)27)8-9-18(22-19)15-10-11-25(13-15)12-14-4-6-16(28-3)7-5-14/h4-9,15H,10-13H2,1-3H3/t15-/m1/s1. The summed E-state index contributed by atoms with van der Waals surface area (Å²) >= 11 is 0. The molecule has 3 aromatic rings. The van der Waals surface area contributed by atoms with E-state index in [2.05, 4.69) is 17.0 Å². The highest BCUT2D eigenvalue weighted by molar-refractivity contribution is 5.74. The minimum atomic E-state index is -0.352. The Bertz CT molecular complexity index is 1130. The van der Waals surface area contributed by atoms with Crippen molar-refractivity contribution in [1.29, 1.82) is 0 Å². The van der Waals surface area contributed by atoms with E-state index in [4.69, 9.17) is 9.72 Å². The molecule has 2 aromatic heterocycles. The number of aromatic nitrogens is 3. The van der Waals surface area contributed by atoms with Crippen LogP contribution in [0, 0.1) is 0 Å². The second kappa shape index (κ2) is 7.24. The summed E-state index contributed by atoms with van der Waals surface area (Å²) in [6.45, 7) is 2.78. The monoisotopic (exact) mass is 380 g/mol. The van der Waals surface area contributed by atoms with Gasteiger partial charge in [0.1, 0.15) is 11.4 Å². The average Bonchev–Trinajstić information content (AvgIpc) is 3.19. The van der Waals surface area contributed by atoms with E-state index in [9.17, 15) is 9.59 Å². The van der Waals surface area contributed by atoms with Gasteiger partial charge in [-0.1, -0.05) is 12.1 Å². The normalized spacial score (nSPS) is 17.3. The molecular formula is C21H24N4O3. The Labute approximate surface area is 162 Å². The fourth-order valence-electron chi connectivity index (χ4n) is 3.90. The van der Waals surface area contributed by atoms with Crippen LogP contribution in [0.1, 0.15) is 23.6 Å². The number of ether oxygens (including phenoxy) is 1. The van der Waals surface area contributed by atoms with Gasteiger partial charge in [0.15, 0.2) is 0 Å². The first-order chi connectivity index (χ1) is 13.5. The van der Waals surface area contributed by atoms with Gasteiger partial charge in [0, 0.05) is 38.8 Å². The van der Waals surface area contributed by atoms with Gasteiger partial charge in [0.25, 0.3) is 5.56 Å².